The number of aryl methyl sites for hydroxylation is 1. The molecule has 26 heavy (non-hydrogen) atoms. The van der Waals surface area contributed by atoms with Gasteiger partial charge in [0, 0.05) is 18.7 Å². The highest BCUT2D eigenvalue weighted by molar-refractivity contribution is 6.01. The molecule has 142 valence electrons. The number of likely N-dealkylation sites (tertiary alicyclic amines) is 1. The maximum Gasteiger partial charge on any atom is 0.243 e. The minimum atomic E-state index is -0.423. The van der Waals surface area contributed by atoms with Gasteiger partial charge in [-0.2, -0.15) is 0 Å². The molecule has 2 heterocycles. The van der Waals surface area contributed by atoms with Crippen LogP contribution in [0.2, 0.25) is 0 Å². The first kappa shape index (κ1) is 18.9. The van der Waals surface area contributed by atoms with E-state index < -0.39 is 6.04 Å². The average Bonchev–Trinajstić information content (AvgIpc) is 3.11. The van der Waals surface area contributed by atoms with E-state index in [1.807, 2.05) is 25.1 Å². The standard InChI is InChI=1S/C21H31N3O2/c1-2-18(21(26)22-13-8-16-23-14-5-6-15-23)24-19-11-4-3-9-17(19)10-7-12-20(24)25/h3-4,9,11,18H,2,5-8,10,12-16H2,1H3,(H,22,26). The Morgan fingerprint density at radius 2 is 1.92 bits per heavy atom. The van der Waals surface area contributed by atoms with Gasteiger partial charge in [0.2, 0.25) is 11.8 Å². The molecule has 1 saturated heterocycles. The molecule has 0 spiro atoms. The minimum Gasteiger partial charge on any atom is -0.354 e. The molecule has 1 aromatic carbocycles. The van der Waals surface area contributed by atoms with Crippen LogP contribution in [-0.2, 0) is 16.0 Å². The Hall–Kier alpha value is -1.88. The van der Waals surface area contributed by atoms with Crippen LogP contribution in [0.5, 0.6) is 0 Å². The lowest BCUT2D eigenvalue weighted by molar-refractivity contribution is -0.126. The molecule has 5 heteroatoms. The molecule has 5 nitrogen and oxygen atoms in total. The summed E-state index contributed by atoms with van der Waals surface area (Å²) >= 11 is 0. The summed E-state index contributed by atoms with van der Waals surface area (Å²) in [7, 11) is 0. The van der Waals surface area contributed by atoms with Gasteiger partial charge in [0.25, 0.3) is 0 Å². The van der Waals surface area contributed by atoms with Gasteiger partial charge in [-0.3, -0.25) is 14.5 Å². The van der Waals surface area contributed by atoms with Gasteiger partial charge in [-0.1, -0.05) is 25.1 Å². The molecule has 0 radical (unpaired) electrons. The summed E-state index contributed by atoms with van der Waals surface area (Å²) in [5.41, 5.74) is 2.08. The van der Waals surface area contributed by atoms with Crippen molar-refractivity contribution in [3.8, 4) is 0 Å². The van der Waals surface area contributed by atoms with Crippen molar-refractivity contribution < 1.29 is 9.59 Å². The summed E-state index contributed by atoms with van der Waals surface area (Å²) in [6.45, 7) is 6.07. The first-order valence-electron chi connectivity index (χ1n) is 10.1. The van der Waals surface area contributed by atoms with Gasteiger partial charge in [-0.15, -0.1) is 0 Å². The number of anilines is 1. The van der Waals surface area contributed by atoms with Gasteiger partial charge in [0.1, 0.15) is 6.04 Å². The molecule has 1 aromatic rings. The van der Waals surface area contributed by atoms with E-state index in [9.17, 15) is 9.59 Å². The van der Waals surface area contributed by atoms with Crippen molar-refractivity contribution in [1.82, 2.24) is 10.2 Å². The molecule has 1 fully saturated rings. The van der Waals surface area contributed by atoms with E-state index >= 15 is 0 Å². The van der Waals surface area contributed by atoms with Crippen LogP contribution < -0.4 is 10.2 Å². The number of nitrogens with zero attached hydrogens (tertiary/aromatic N) is 2. The number of carbonyl (C=O) groups is 2. The van der Waals surface area contributed by atoms with Crippen LogP contribution in [0.3, 0.4) is 0 Å². The zero-order valence-electron chi connectivity index (χ0n) is 15.9. The molecule has 0 aliphatic carbocycles. The molecule has 2 aliphatic heterocycles. The molecule has 0 saturated carbocycles. The van der Waals surface area contributed by atoms with E-state index in [1.54, 1.807) is 4.90 Å². The smallest absolute Gasteiger partial charge is 0.243 e. The largest absolute Gasteiger partial charge is 0.354 e. The Labute approximate surface area is 156 Å². The Morgan fingerprint density at radius 3 is 2.69 bits per heavy atom. The van der Waals surface area contributed by atoms with Crippen molar-refractivity contribution in [3.05, 3.63) is 29.8 Å². The van der Waals surface area contributed by atoms with Crippen LogP contribution in [0.1, 0.15) is 51.0 Å². The predicted octanol–water partition coefficient (Wildman–Crippen LogP) is 2.74. The first-order valence-corrected chi connectivity index (χ1v) is 10.1. The molecular weight excluding hydrogens is 326 g/mol. The number of hydrogen-bond acceptors (Lipinski definition) is 3. The van der Waals surface area contributed by atoms with Crippen molar-refractivity contribution in [2.75, 3.05) is 31.1 Å². The number of carbonyl (C=O) groups excluding carboxylic acids is 2. The van der Waals surface area contributed by atoms with E-state index in [-0.39, 0.29) is 11.8 Å². The average molecular weight is 357 g/mol. The van der Waals surface area contributed by atoms with Crippen molar-refractivity contribution >= 4 is 17.5 Å². The summed E-state index contributed by atoms with van der Waals surface area (Å²) in [4.78, 5) is 29.7. The number of benzene rings is 1. The molecule has 2 amide bonds. The van der Waals surface area contributed by atoms with Crippen molar-refractivity contribution in [2.24, 2.45) is 0 Å². The van der Waals surface area contributed by atoms with Crippen molar-refractivity contribution in [1.29, 1.82) is 0 Å². The zero-order valence-corrected chi connectivity index (χ0v) is 15.9. The van der Waals surface area contributed by atoms with Gasteiger partial charge in [0.15, 0.2) is 0 Å². The lowest BCUT2D eigenvalue weighted by Crippen LogP contribution is -2.50. The Bertz CT molecular complexity index is 625. The summed E-state index contributed by atoms with van der Waals surface area (Å²) in [6, 6.07) is 7.58. The quantitative estimate of drug-likeness (QED) is 0.764. The molecule has 0 aromatic heterocycles. The van der Waals surface area contributed by atoms with Gasteiger partial charge in [-0.05, 0) is 69.8 Å². The fraction of sp³-hybridized carbons (Fsp3) is 0.619. The fourth-order valence-electron chi connectivity index (χ4n) is 4.11. The second kappa shape index (κ2) is 9.17. The van der Waals surface area contributed by atoms with E-state index in [0.717, 1.165) is 31.5 Å². The van der Waals surface area contributed by atoms with E-state index in [2.05, 4.69) is 16.3 Å². The van der Waals surface area contributed by atoms with Crippen LogP contribution in [0.15, 0.2) is 24.3 Å². The van der Waals surface area contributed by atoms with Crippen LogP contribution in [0.4, 0.5) is 5.69 Å². The Morgan fingerprint density at radius 1 is 1.15 bits per heavy atom. The van der Waals surface area contributed by atoms with E-state index in [1.165, 1.54) is 31.5 Å². The lowest BCUT2D eigenvalue weighted by atomic mass is 10.1. The van der Waals surface area contributed by atoms with Gasteiger partial charge in [-0.25, -0.2) is 0 Å². The third kappa shape index (κ3) is 4.44. The van der Waals surface area contributed by atoms with Crippen LogP contribution in [-0.4, -0.2) is 48.9 Å². The number of rotatable bonds is 7. The topological polar surface area (TPSA) is 52.7 Å². The number of amides is 2. The molecular formula is C21H31N3O2. The fourth-order valence-corrected chi connectivity index (χ4v) is 4.11. The van der Waals surface area contributed by atoms with Crippen molar-refractivity contribution in [2.45, 2.75) is 57.9 Å². The highest BCUT2D eigenvalue weighted by Gasteiger charge is 2.32. The molecule has 2 aliphatic rings. The molecule has 1 atom stereocenters. The summed E-state index contributed by atoms with van der Waals surface area (Å²) in [5.74, 6) is 0.0352. The van der Waals surface area contributed by atoms with Crippen LogP contribution in [0.25, 0.3) is 0 Å². The highest BCUT2D eigenvalue weighted by atomic mass is 16.2. The maximum absolute atomic E-state index is 12.8. The number of fused-ring (bicyclic) bond motifs is 1. The summed E-state index contributed by atoms with van der Waals surface area (Å²) < 4.78 is 0. The Balaban J connectivity index is 1.62. The van der Waals surface area contributed by atoms with Gasteiger partial charge in [0.05, 0.1) is 0 Å². The SMILES string of the molecule is CCC(C(=O)NCCCN1CCCC1)N1C(=O)CCCc2ccccc21. The zero-order chi connectivity index (χ0) is 18.4. The molecule has 0 bridgehead atoms. The van der Waals surface area contributed by atoms with E-state index in [0.29, 0.717) is 19.4 Å². The van der Waals surface area contributed by atoms with Crippen LogP contribution >= 0.6 is 0 Å². The number of hydrogen-bond donors (Lipinski definition) is 1. The predicted molar refractivity (Wildman–Crippen MR) is 104 cm³/mol. The second-order valence-corrected chi connectivity index (χ2v) is 7.36. The normalized spacial score (nSPS) is 19.1. The third-order valence-electron chi connectivity index (χ3n) is 5.51. The monoisotopic (exact) mass is 357 g/mol. The molecule has 3 rings (SSSR count). The summed E-state index contributed by atoms with van der Waals surface area (Å²) in [5, 5.41) is 3.07. The lowest BCUT2D eigenvalue weighted by Gasteiger charge is -2.30. The Kier molecular flexibility index (Phi) is 6.67. The van der Waals surface area contributed by atoms with Gasteiger partial charge < -0.3 is 10.2 Å². The number of para-hydroxylation sites is 1. The second-order valence-electron chi connectivity index (χ2n) is 7.36. The minimum absolute atomic E-state index is 0.0287. The first-order chi connectivity index (χ1) is 12.7. The van der Waals surface area contributed by atoms with E-state index in [4.69, 9.17) is 0 Å². The molecule has 1 N–H and O–H groups in total. The highest BCUT2D eigenvalue weighted by Crippen LogP contribution is 2.29. The number of nitrogens with one attached hydrogen (secondary N) is 1. The van der Waals surface area contributed by atoms with Crippen molar-refractivity contribution in [3.63, 3.8) is 0 Å². The van der Waals surface area contributed by atoms with Crippen LogP contribution in [0, 0.1) is 0 Å². The molecule has 1 unspecified atom stereocenters. The summed E-state index contributed by atoms with van der Waals surface area (Å²) in [6.07, 6.45) is 6.42. The van der Waals surface area contributed by atoms with Gasteiger partial charge >= 0.3 is 0 Å². The third-order valence-corrected chi connectivity index (χ3v) is 5.51. The maximum atomic E-state index is 12.8.